The lowest BCUT2D eigenvalue weighted by Crippen LogP contribution is -2.45. The number of ether oxygens (including phenoxy) is 1. The summed E-state index contributed by atoms with van der Waals surface area (Å²) in [6.45, 7) is 16.2. The van der Waals surface area contributed by atoms with Gasteiger partial charge in [-0.3, -0.25) is 9.69 Å². The number of Topliss-reactive ketones (excluding diaryl/α,β-unsaturated/α-hetero) is 1. The molecule has 37 heavy (non-hydrogen) atoms. The molecule has 4 aromatic rings. The van der Waals surface area contributed by atoms with E-state index in [1.54, 1.807) is 13.3 Å². The van der Waals surface area contributed by atoms with Crippen LogP contribution in [0.5, 0.6) is 0 Å². The molecule has 7 nitrogen and oxygen atoms in total. The molecule has 0 saturated carbocycles. The Kier molecular flexibility index (Phi) is 6.05. The van der Waals surface area contributed by atoms with Crippen LogP contribution in [0, 0.1) is 20.8 Å². The Labute approximate surface area is 222 Å². The number of hydrogen-bond donors (Lipinski definition) is 1. The van der Waals surface area contributed by atoms with Crippen molar-refractivity contribution in [1.82, 2.24) is 24.5 Å². The third-order valence-electron chi connectivity index (χ3n) is 8.73. The van der Waals surface area contributed by atoms with Gasteiger partial charge >= 0.3 is 0 Å². The van der Waals surface area contributed by atoms with Crippen molar-refractivity contribution in [3.63, 3.8) is 0 Å². The van der Waals surface area contributed by atoms with Gasteiger partial charge in [-0.1, -0.05) is 13.8 Å². The number of fused-ring (bicyclic) bond motifs is 2. The van der Waals surface area contributed by atoms with Crippen LogP contribution in [0.1, 0.15) is 79.0 Å². The Morgan fingerprint density at radius 2 is 1.97 bits per heavy atom. The number of piperidine rings is 1. The van der Waals surface area contributed by atoms with Gasteiger partial charge in [-0.25, -0.2) is 9.50 Å². The van der Waals surface area contributed by atoms with Gasteiger partial charge in [0.1, 0.15) is 16.9 Å². The number of thiophene rings is 1. The highest BCUT2D eigenvalue weighted by molar-refractivity contribution is 7.19. The number of nitrogens with one attached hydrogen (secondary N) is 1. The van der Waals surface area contributed by atoms with E-state index in [0.717, 1.165) is 44.6 Å². The molecule has 0 unspecified atom stereocenters. The van der Waals surface area contributed by atoms with Crippen molar-refractivity contribution >= 4 is 33.0 Å². The van der Waals surface area contributed by atoms with Gasteiger partial charge in [0.2, 0.25) is 0 Å². The maximum absolute atomic E-state index is 11.5. The number of rotatable bonds is 5. The van der Waals surface area contributed by atoms with Crippen LogP contribution in [-0.2, 0) is 9.53 Å². The predicted octanol–water partition coefficient (Wildman–Crippen LogP) is 5.92. The topological polar surface area (TPSA) is 75.5 Å². The highest BCUT2D eigenvalue weighted by Gasteiger charge is 2.44. The van der Waals surface area contributed by atoms with E-state index in [0.29, 0.717) is 18.4 Å². The van der Waals surface area contributed by atoms with Crippen molar-refractivity contribution in [2.75, 3.05) is 26.2 Å². The minimum atomic E-state index is -0.0318. The maximum atomic E-state index is 11.5. The smallest absolute Gasteiger partial charge is 0.158 e. The monoisotopic (exact) mass is 519 g/mol. The minimum Gasteiger partial charge on any atom is -0.374 e. The molecule has 196 valence electrons. The van der Waals surface area contributed by atoms with E-state index in [2.05, 4.69) is 60.8 Å². The summed E-state index contributed by atoms with van der Waals surface area (Å²) in [4.78, 5) is 24.8. The van der Waals surface area contributed by atoms with Gasteiger partial charge in [0.15, 0.2) is 5.65 Å². The first kappa shape index (κ1) is 24.8. The van der Waals surface area contributed by atoms with Crippen LogP contribution < -0.4 is 0 Å². The molecule has 0 bridgehead atoms. The molecular weight excluding hydrogens is 482 g/mol. The lowest BCUT2D eigenvalue weighted by molar-refractivity contribution is -0.119. The van der Waals surface area contributed by atoms with Crippen LogP contribution in [0.2, 0.25) is 0 Å². The molecule has 4 aromatic heterocycles. The van der Waals surface area contributed by atoms with Crippen molar-refractivity contribution in [2.24, 2.45) is 0 Å². The summed E-state index contributed by atoms with van der Waals surface area (Å²) >= 11 is 1.91. The molecule has 2 aliphatic rings. The number of aromatic amines is 1. The largest absolute Gasteiger partial charge is 0.374 e. The number of carbonyl (C=O) groups excluding carboxylic acids is 1. The Morgan fingerprint density at radius 3 is 2.68 bits per heavy atom. The highest BCUT2D eigenvalue weighted by atomic mass is 32.1. The molecule has 2 saturated heterocycles. The number of aryl methyl sites for hydroxylation is 2. The fourth-order valence-electron chi connectivity index (χ4n) is 6.68. The Hall–Kier alpha value is -2.55. The van der Waals surface area contributed by atoms with Crippen molar-refractivity contribution < 1.29 is 9.53 Å². The zero-order valence-corrected chi connectivity index (χ0v) is 23.6. The van der Waals surface area contributed by atoms with Gasteiger partial charge in [-0.05, 0) is 75.1 Å². The van der Waals surface area contributed by atoms with Crippen molar-refractivity contribution in [1.29, 1.82) is 0 Å². The van der Waals surface area contributed by atoms with Crippen molar-refractivity contribution in [2.45, 2.75) is 78.2 Å². The molecule has 1 atom stereocenters. The van der Waals surface area contributed by atoms with Crippen LogP contribution >= 0.6 is 11.3 Å². The third-order valence-corrected chi connectivity index (χ3v) is 10.1. The second kappa shape index (κ2) is 9.03. The summed E-state index contributed by atoms with van der Waals surface area (Å²) in [5, 5.41) is 5.81. The molecule has 2 fully saturated rings. The van der Waals surface area contributed by atoms with Crippen LogP contribution in [-0.4, -0.2) is 62.1 Å². The third kappa shape index (κ3) is 4.04. The SMILES string of the molecule is CC(=O)CN1CCC2(CC1)C[C@@H](c1sc3[nH]c(-c4cn5ncnc5c(C)c4C)c(C(C)C)c3c1C)CO2. The normalized spacial score (nSPS) is 20.2. The van der Waals surface area contributed by atoms with Gasteiger partial charge in [-0.15, -0.1) is 11.3 Å². The van der Waals surface area contributed by atoms with Crippen LogP contribution in [0.4, 0.5) is 0 Å². The van der Waals surface area contributed by atoms with Crippen LogP contribution in [0.3, 0.4) is 0 Å². The zero-order valence-electron chi connectivity index (χ0n) is 22.8. The first-order valence-corrected chi connectivity index (χ1v) is 14.3. The van der Waals surface area contributed by atoms with Gasteiger partial charge in [0, 0.05) is 41.0 Å². The molecule has 0 amide bonds. The predicted molar refractivity (Wildman–Crippen MR) is 149 cm³/mol. The Morgan fingerprint density at radius 1 is 1.22 bits per heavy atom. The molecule has 0 aliphatic carbocycles. The molecule has 0 aromatic carbocycles. The summed E-state index contributed by atoms with van der Waals surface area (Å²) in [6.07, 6.45) is 6.86. The average Bonchev–Trinajstić information content (AvgIpc) is 3.62. The number of hydrogen-bond acceptors (Lipinski definition) is 6. The first-order valence-electron chi connectivity index (χ1n) is 13.5. The molecule has 8 heteroatoms. The van der Waals surface area contributed by atoms with E-state index >= 15 is 0 Å². The average molecular weight is 520 g/mol. The second-order valence-electron chi connectivity index (χ2n) is 11.6. The number of pyridine rings is 1. The standard InChI is InChI=1S/C29H37N5O2S/c1-16(2)23-24-20(6)26(21-11-29(36-14-21)7-9-33(10-8-29)12-17(3)35)37-28(24)32-25(23)22-13-34-27(30-15-31-34)19(5)18(22)4/h13,15-16,21,32H,7-12,14H2,1-6H3/t21-/m1/s1. The van der Waals surface area contributed by atoms with Gasteiger partial charge in [0.25, 0.3) is 0 Å². The highest BCUT2D eigenvalue weighted by Crippen LogP contribution is 2.49. The van der Waals surface area contributed by atoms with Gasteiger partial charge in [-0.2, -0.15) is 5.10 Å². The maximum Gasteiger partial charge on any atom is 0.158 e. The fraction of sp³-hybridized carbons (Fsp3) is 0.552. The lowest BCUT2D eigenvalue weighted by atomic mass is 9.84. The van der Waals surface area contributed by atoms with Crippen molar-refractivity contribution in [3.05, 3.63) is 39.7 Å². The van der Waals surface area contributed by atoms with E-state index in [9.17, 15) is 4.79 Å². The summed E-state index contributed by atoms with van der Waals surface area (Å²) in [5.74, 6) is 1.06. The fourth-order valence-corrected chi connectivity index (χ4v) is 7.99. The van der Waals surface area contributed by atoms with Crippen LogP contribution in [0.25, 0.3) is 27.1 Å². The second-order valence-corrected chi connectivity index (χ2v) is 12.6. The first-order chi connectivity index (χ1) is 17.7. The molecule has 2 aliphatic heterocycles. The summed E-state index contributed by atoms with van der Waals surface area (Å²) in [7, 11) is 0. The Bertz CT molecular complexity index is 1500. The number of ketones is 1. The van der Waals surface area contributed by atoms with E-state index in [1.165, 1.54) is 48.6 Å². The molecule has 1 spiro atoms. The van der Waals surface area contributed by atoms with Crippen molar-refractivity contribution in [3.8, 4) is 11.3 Å². The van der Waals surface area contributed by atoms with E-state index in [-0.39, 0.29) is 11.4 Å². The number of nitrogens with zero attached hydrogens (tertiary/aromatic N) is 4. The van der Waals surface area contributed by atoms with E-state index in [4.69, 9.17) is 4.74 Å². The molecule has 0 radical (unpaired) electrons. The number of likely N-dealkylation sites (tertiary alicyclic amines) is 1. The molecule has 6 heterocycles. The minimum absolute atomic E-state index is 0.0318. The zero-order chi connectivity index (χ0) is 26.1. The quantitative estimate of drug-likeness (QED) is 0.354. The molecular formula is C29H37N5O2S. The number of carbonyl (C=O) groups is 1. The number of H-pyrrole nitrogens is 1. The van der Waals surface area contributed by atoms with Gasteiger partial charge in [0.05, 0.1) is 24.4 Å². The van der Waals surface area contributed by atoms with E-state index < -0.39 is 0 Å². The molecule has 6 rings (SSSR count). The number of aromatic nitrogens is 4. The lowest BCUT2D eigenvalue weighted by Gasteiger charge is -2.38. The van der Waals surface area contributed by atoms with Crippen LogP contribution in [0.15, 0.2) is 12.5 Å². The van der Waals surface area contributed by atoms with Gasteiger partial charge < -0.3 is 9.72 Å². The summed E-state index contributed by atoms with van der Waals surface area (Å²) < 4.78 is 8.43. The Balaban J connectivity index is 1.34. The summed E-state index contributed by atoms with van der Waals surface area (Å²) in [6, 6.07) is 0. The van der Waals surface area contributed by atoms with E-state index in [1.807, 2.05) is 15.9 Å². The summed E-state index contributed by atoms with van der Waals surface area (Å²) in [5.41, 5.74) is 8.51. The molecule has 1 N–H and O–H groups in total.